The van der Waals surface area contributed by atoms with Gasteiger partial charge in [-0.15, -0.1) is 0 Å². The summed E-state index contributed by atoms with van der Waals surface area (Å²) < 4.78 is 24.9. The molecule has 0 amide bonds. The van der Waals surface area contributed by atoms with Gasteiger partial charge in [-0.25, -0.2) is 8.42 Å². The summed E-state index contributed by atoms with van der Waals surface area (Å²) in [5.74, 6) is -0.874. The van der Waals surface area contributed by atoms with Gasteiger partial charge in [0.25, 0.3) is 15.7 Å². The van der Waals surface area contributed by atoms with E-state index in [1.54, 1.807) is 0 Å². The zero-order chi connectivity index (χ0) is 15.3. The number of nitro benzene ring substituents is 1. The number of rotatable bonds is 6. The van der Waals surface area contributed by atoms with Gasteiger partial charge < -0.3 is 10.6 Å². The van der Waals surface area contributed by atoms with E-state index in [1.807, 2.05) is 0 Å². The summed E-state index contributed by atoms with van der Waals surface area (Å²) in [4.78, 5) is 24.9. The third kappa shape index (κ3) is 3.50. The topological polar surface area (TPSA) is 133 Å². The molecular weight excluding hydrogens is 290 g/mol. The molecule has 1 aromatic rings. The van der Waals surface area contributed by atoms with Crippen LogP contribution in [0.1, 0.15) is 6.92 Å². The second-order valence-corrected chi connectivity index (χ2v) is 5.43. The van der Waals surface area contributed by atoms with Crippen molar-refractivity contribution in [3.8, 4) is 0 Å². The first-order chi connectivity index (χ1) is 9.30. The van der Waals surface area contributed by atoms with E-state index < -0.39 is 31.5 Å². The third-order valence-electron chi connectivity index (χ3n) is 2.15. The van der Waals surface area contributed by atoms with Gasteiger partial charge in [-0.3, -0.25) is 14.9 Å². The van der Waals surface area contributed by atoms with Gasteiger partial charge in [0.2, 0.25) is 0 Å². The number of carbonyl (C=O) groups is 1. The van der Waals surface area contributed by atoms with Crippen LogP contribution in [0, 0.1) is 10.1 Å². The third-order valence-corrected chi connectivity index (χ3v) is 3.84. The van der Waals surface area contributed by atoms with Crippen LogP contribution in [0.15, 0.2) is 29.2 Å². The zero-order valence-electron chi connectivity index (χ0n) is 10.6. The van der Waals surface area contributed by atoms with Crippen LogP contribution in [0.25, 0.3) is 0 Å². The molecule has 20 heavy (non-hydrogen) atoms. The Bertz CT molecular complexity index is 615. The largest absolute Gasteiger partial charge is 0.353 e. The Labute approximate surface area is 115 Å². The molecule has 1 aromatic carbocycles. The molecule has 0 bridgehead atoms. The molecule has 0 aliphatic carbocycles. The number of benzene rings is 1. The first kappa shape index (κ1) is 16.0. The quantitative estimate of drug-likeness (QED) is 0.578. The normalized spacial score (nSPS) is 11.3. The number of nitrogens with two attached hydrogens (primary N) is 1. The van der Waals surface area contributed by atoms with Crippen LogP contribution >= 0.6 is 0 Å². The summed E-state index contributed by atoms with van der Waals surface area (Å²) in [6.07, 6.45) is 0. The molecule has 0 aromatic heterocycles. The highest BCUT2D eigenvalue weighted by molar-refractivity contribution is 7.89. The summed E-state index contributed by atoms with van der Waals surface area (Å²) in [7, 11) is -4.37. The lowest BCUT2D eigenvalue weighted by Crippen LogP contribution is -2.37. The molecule has 9 nitrogen and oxygen atoms in total. The number of hydrogen-bond acceptors (Lipinski definition) is 7. The van der Waals surface area contributed by atoms with E-state index in [0.29, 0.717) is 4.47 Å². The monoisotopic (exact) mass is 303 g/mol. The minimum Gasteiger partial charge on any atom is -0.353 e. The van der Waals surface area contributed by atoms with Gasteiger partial charge in [-0.2, -0.15) is 0 Å². The van der Waals surface area contributed by atoms with Crippen molar-refractivity contribution in [2.24, 2.45) is 5.73 Å². The van der Waals surface area contributed by atoms with Crippen LogP contribution in [-0.2, 0) is 19.7 Å². The van der Waals surface area contributed by atoms with Gasteiger partial charge in [0.1, 0.15) is 0 Å². The average molecular weight is 303 g/mol. The lowest BCUT2D eigenvalue weighted by atomic mass is 10.3. The maximum atomic E-state index is 12.3. The zero-order valence-corrected chi connectivity index (χ0v) is 11.4. The Kier molecular flexibility index (Phi) is 5.13. The molecule has 0 radical (unpaired) electrons. The highest BCUT2D eigenvalue weighted by Crippen LogP contribution is 2.26. The molecule has 0 aliphatic heterocycles. The summed E-state index contributed by atoms with van der Waals surface area (Å²) in [6.45, 7) is 0.583. The van der Waals surface area contributed by atoms with Crippen molar-refractivity contribution in [1.82, 2.24) is 4.47 Å². The van der Waals surface area contributed by atoms with Gasteiger partial charge in [-0.1, -0.05) is 12.1 Å². The van der Waals surface area contributed by atoms with E-state index in [9.17, 15) is 23.3 Å². The van der Waals surface area contributed by atoms with Crippen molar-refractivity contribution in [2.45, 2.75) is 11.8 Å². The Hall–Kier alpha value is -2.04. The highest BCUT2D eigenvalue weighted by Gasteiger charge is 2.33. The predicted octanol–water partition coefficient (Wildman–Crippen LogP) is 0.0223. The summed E-state index contributed by atoms with van der Waals surface area (Å²) in [5, 5.41) is 10.9. The van der Waals surface area contributed by atoms with Crippen molar-refractivity contribution < 1.29 is 23.0 Å². The number of nitro groups is 1. The molecular formula is C10H13N3O6S. The smallest absolute Gasteiger partial charge is 0.323 e. The second kappa shape index (κ2) is 6.41. The lowest BCUT2D eigenvalue weighted by molar-refractivity contribution is -0.387. The second-order valence-electron chi connectivity index (χ2n) is 3.63. The molecule has 0 saturated carbocycles. The molecule has 0 saturated heterocycles. The maximum Gasteiger partial charge on any atom is 0.323 e. The molecule has 0 fully saturated rings. The van der Waals surface area contributed by atoms with Crippen LogP contribution in [0.2, 0.25) is 0 Å². The fourth-order valence-electron chi connectivity index (χ4n) is 1.40. The molecule has 0 aliphatic rings. The van der Waals surface area contributed by atoms with E-state index in [0.717, 1.165) is 19.1 Å². The fourth-order valence-corrected chi connectivity index (χ4v) is 2.83. The van der Waals surface area contributed by atoms with Crippen LogP contribution in [0.5, 0.6) is 0 Å². The standard InChI is InChI=1S/C10H13N3O6S/c1-8(14)19-12(7-6-11)20(17,18)10-5-3-2-4-9(10)13(15)16/h2-5H,6-7,11H2,1H3. The fraction of sp³-hybridized carbons (Fsp3) is 0.300. The molecule has 0 heterocycles. The predicted molar refractivity (Wildman–Crippen MR) is 67.8 cm³/mol. The van der Waals surface area contributed by atoms with Crippen molar-refractivity contribution in [3.63, 3.8) is 0 Å². The van der Waals surface area contributed by atoms with Crippen molar-refractivity contribution in [3.05, 3.63) is 34.4 Å². The maximum absolute atomic E-state index is 12.3. The number of para-hydroxylation sites is 1. The lowest BCUT2D eigenvalue weighted by Gasteiger charge is -2.19. The first-order valence-corrected chi connectivity index (χ1v) is 6.89. The van der Waals surface area contributed by atoms with E-state index in [2.05, 4.69) is 4.84 Å². The minimum absolute atomic E-state index is 0.118. The molecule has 2 N–H and O–H groups in total. The molecule has 1 rings (SSSR count). The first-order valence-electron chi connectivity index (χ1n) is 5.45. The highest BCUT2D eigenvalue weighted by atomic mass is 32.2. The molecule has 10 heteroatoms. The van der Waals surface area contributed by atoms with Gasteiger partial charge in [0.05, 0.1) is 11.5 Å². The number of hydroxylamine groups is 1. The van der Waals surface area contributed by atoms with Gasteiger partial charge in [-0.05, 0) is 10.5 Å². The van der Waals surface area contributed by atoms with Gasteiger partial charge in [0, 0.05) is 19.5 Å². The molecule has 110 valence electrons. The van der Waals surface area contributed by atoms with Gasteiger partial charge >= 0.3 is 5.97 Å². The number of hydrogen-bond donors (Lipinski definition) is 1. The molecule has 0 atom stereocenters. The summed E-state index contributed by atoms with van der Waals surface area (Å²) in [6, 6.07) is 4.76. The number of nitrogens with zero attached hydrogens (tertiary/aromatic N) is 2. The van der Waals surface area contributed by atoms with Crippen LogP contribution in [-0.4, -0.2) is 36.9 Å². The van der Waals surface area contributed by atoms with Crippen molar-refractivity contribution >= 4 is 21.7 Å². The number of carbonyl (C=O) groups excluding carboxylic acids is 1. The Balaban J connectivity index is 3.33. The van der Waals surface area contributed by atoms with E-state index in [4.69, 9.17) is 5.73 Å². The summed E-state index contributed by atoms with van der Waals surface area (Å²) in [5.41, 5.74) is 4.64. The minimum atomic E-state index is -4.37. The van der Waals surface area contributed by atoms with E-state index in [1.165, 1.54) is 12.1 Å². The number of sulfonamides is 1. The Morgan fingerprint density at radius 3 is 2.55 bits per heavy atom. The average Bonchev–Trinajstić information content (AvgIpc) is 2.37. The van der Waals surface area contributed by atoms with E-state index >= 15 is 0 Å². The molecule has 0 spiro atoms. The summed E-state index contributed by atoms with van der Waals surface area (Å²) >= 11 is 0. The Morgan fingerprint density at radius 2 is 2.05 bits per heavy atom. The van der Waals surface area contributed by atoms with E-state index in [-0.39, 0.29) is 13.1 Å². The molecule has 0 unspecified atom stereocenters. The van der Waals surface area contributed by atoms with Crippen LogP contribution < -0.4 is 5.73 Å². The van der Waals surface area contributed by atoms with Crippen LogP contribution in [0.4, 0.5) is 5.69 Å². The van der Waals surface area contributed by atoms with Crippen molar-refractivity contribution in [2.75, 3.05) is 13.1 Å². The van der Waals surface area contributed by atoms with Crippen LogP contribution in [0.3, 0.4) is 0 Å². The van der Waals surface area contributed by atoms with Crippen molar-refractivity contribution in [1.29, 1.82) is 0 Å². The van der Waals surface area contributed by atoms with Gasteiger partial charge in [0.15, 0.2) is 4.90 Å². The Morgan fingerprint density at radius 1 is 1.45 bits per heavy atom. The SMILES string of the molecule is CC(=O)ON(CCN)S(=O)(=O)c1ccccc1[N+](=O)[O-].